The van der Waals surface area contributed by atoms with E-state index in [1.165, 1.54) is 0 Å². The van der Waals surface area contributed by atoms with Crippen molar-refractivity contribution < 1.29 is 5.11 Å². The maximum atomic E-state index is 9.65. The molecule has 0 radical (unpaired) electrons. The Morgan fingerprint density at radius 2 is 1.85 bits per heavy atom. The highest BCUT2D eigenvalue weighted by atomic mass is 127. The van der Waals surface area contributed by atoms with Gasteiger partial charge in [-0.05, 0) is 50.3 Å². The van der Waals surface area contributed by atoms with Gasteiger partial charge in [0.15, 0.2) is 5.96 Å². The zero-order chi connectivity index (χ0) is 18.4. The molecule has 0 amide bonds. The van der Waals surface area contributed by atoms with Gasteiger partial charge in [-0.3, -0.25) is 4.99 Å². The van der Waals surface area contributed by atoms with Crippen LogP contribution in [0.15, 0.2) is 23.2 Å². The fraction of sp³-hybridized carbons (Fsp3) is 0.632. The van der Waals surface area contributed by atoms with Crippen LogP contribution < -0.4 is 10.6 Å². The third-order valence-corrected chi connectivity index (χ3v) is 5.45. The van der Waals surface area contributed by atoms with Gasteiger partial charge in [-0.2, -0.15) is 0 Å². The van der Waals surface area contributed by atoms with Crippen LogP contribution in [-0.2, 0) is 5.41 Å². The molecule has 1 fully saturated rings. The number of halogens is 3. The van der Waals surface area contributed by atoms with Crippen LogP contribution in [-0.4, -0.2) is 36.3 Å². The highest BCUT2D eigenvalue weighted by molar-refractivity contribution is 14.0. The lowest BCUT2D eigenvalue weighted by atomic mass is 9.85. The van der Waals surface area contributed by atoms with E-state index in [9.17, 15) is 5.11 Å². The molecule has 0 aromatic heterocycles. The van der Waals surface area contributed by atoms with E-state index in [0.29, 0.717) is 22.6 Å². The first-order valence-corrected chi connectivity index (χ1v) is 9.76. The number of guanidine groups is 1. The molecular formula is C19H30Cl2IN3O. The molecule has 7 heteroatoms. The first-order chi connectivity index (χ1) is 11.8. The Kier molecular flexibility index (Phi) is 10.0. The molecule has 1 aromatic rings. The number of hydrogen-bond acceptors (Lipinski definition) is 2. The fourth-order valence-corrected chi connectivity index (χ4v) is 3.32. The first kappa shape index (κ1) is 23.8. The topological polar surface area (TPSA) is 56.7 Å². The quantitative estimate of drug-likeness (QED) is 0.302. The van der Waals surface area contributed by atoms with Gasteiger partial charge in [0.25, 0.3) is 0 Å². The average Bonchev–Trinajstić information content (AvgIpc) is 2.57. The summed E-state index contributed by atoms with van der Waals surface area (Å²) in [6.45, 7) is 7.81. The standard InChI is InChI=1S/C19H29Cl2N3O.HI/c1-4-22-18(24-14-6-8-15(25)9-7-14)23-12-19(2,3)13-5-10-16(20)17(21)11-13;/h5,10-11,14-15,25H,4,6-9,12H2,1-3H3,(H2,22,23,24);1H. The Morgan fingerprint density at radius 3 is 2.42 bits per heavy atom. The molecule has 148 valence electrons. The summed E-state index contributed by atoms with van der Waals surface area (Å²) in [5, 5.41) is 17.6. The summed E-state index contributed by atoms with van der Waals surface area (Å²) >= 11 is 12.2. The normalized spacial score (nSPS) is 21.1. The van der Waals surface area contributed by atoms with Crippen molar-refractivity contribution in [3.8, 4) is 0 Å². The molecule has 1 saturated carbocycles. The van der Waals surface area contributed by atoms with Crippen LogP contribution in [0.4, 0.5) is 0 Å². The van der Waals surface area contributed by atoms with Crippen molar-refractivity contribution in [1.82, 2.24) is 10.6 Å². The minimum Gasteiger partial charge on any atom is -0.393 e. The van der Waals surface area contributed by atoms with Gasteiger partial charge < -0.3 is 15.7 Å². The van der Waals surface area contributed by atoms with Gasteiger partial charge in [0.2, 0.25) is 0 Å². The van der Waals surface area contributed by atoms with Gasteiger partial charge in [0.05, 0.1) is 22.7 Å². The first-order valence-electron chi connectivity index (χ1n) is 9.00. The average molecular weight is 514 g/mol. The predicted octanol–water partition coefficient (Wildman–Crippen LogP) is 4.75. The lowest BCUT2D eigenvalue weighted by Crippen LogP contribution is -2.45. The van der Waals surface area contributed by atoms with Crippen LogP contribution in [0.2, 0.25) is 10.0 Å². The number of nitrogens with one attached hydrogen (secondary N) is 2. The van der Waals surface area contributed by atoms with Crippen molar-refractivity contribution in [3.63, 3.8) is 0 Å². The summed E-state index contributed by atoms with van der Waals surface area (Å²) in [5.41, 5.74) is 0.960. The zero-order valence-corrected chi connectivity index (χ0v) is 19.5. The number of benzene rings is 1. The Bertz CT molecular complexity index is 602. The number of nitrogens with zero attached hydrogens (tertiary/aromatic N) is 1. The van der Waals surface area contributed by atoms with Crippen molar-refractivity contribution in [1.29, 1.82) is 0 Å². The van der Waals surface area contributed by atoms with Crippen LogP contribution in [0, 0.1) is 0 Å². The third-order valence-electron chi connectivity index (χ3n) is 4.72. The largest absolute Gasteiger partial charge is 0.393 e. The van der Waals surface area contributed by atoms with Gasteiger partial charge in [0, 0.05) is 18.0 Å². The van der Waals surface area contributed by atoms with Crippen LogP contribution in [0.1, 0.15) is 52.0 Å². The SMILES string of the molecule is CCNC(=NCC(C)(C)c1ccc(Cl)c(Cl)c1)NC1CCC(O)CC1.I. The molecule has 3 N–H and O–H groups in total. The molecule has 0 atom stereocenters. The molecule has 0 spiro atoms. The molecule has 26 heavy (non-hydrogen) atoms. The smallest absolute Gasteiger partial charge is 0.191 e. The van der Waals surface area contributed by atoms with E-state index in [-0.39, 0.29) is 35.5 Å². The zero-order valence-electron chi connectivity index (χ0n) is 15.7. The van der Waals surface area contributed by atoms with Crippen LogP contribution in [0.25, 0.3) is 0 Å². The molecule has 0 unspecified atom stereocenters. The number of aliphatic hydroxyl groups is 1. The van der Waals surface area contributed by atoms with E-state index in [2.05, 4.69) is 31.4 Å². The van der Waals surface area contributed by atoms with E-state index < -0.39 is 0 Å². The summed E-state index contributed by atoms with van der Waals surface area (Å²) in [6.07, 6.45) is 3.51. The van der Waals surface area contributed by atoms with Crippen molar-refractivity contribution in [2.45, 2.75) is 64.0 Å². The van der Waals surface area contributed by atoms with E-state index in [4.69, 9.17) is 28.2 Å². The van der Waals surface area contributed by atoms with Crippen molar-refractivity contribution in [3.05, 3.63) is 33.8 Å². The third kappa shape index (κ3) is 7.06. The predicted molar refractivity (Wildman–Crippen MR) is 122 cm³/mol. The minimum absolute atomic E-state index is 0. The second kappa shape index (κ2) is 10.9. The second-order valence-corrected chi connectivity index (χ2v) is 8.17. The van der Waals surface area contributed by atoms with Crippen molar-refractivity contribution >= 4 is 53.1 Å². The molecule has 2 rings (SSSR count). The highest BCUT2D eigenvalue weighted by Crippen LogP contribution is 2.30. The maximum absolute atomic E-state index is 9.65. The molecule has 1 aliphatic carbocycles. The highest BCUT2D eigenvalue weighted by Gasteiger charge is 2.23. The van der Waals surface area contributed by atoms with Gasteiger partial charge in [-0.1, -0.05) is 43.1 Å². The van der Waals surface area contributed by atoms with E-state index in [1.807, 2.05) is 18.2 Å². The fourth-order valence-electron chi connectivity index (χ4n) is 3.02. The molecule has 0 heterocycles. The molecule has 1 aliphatic rings. The van der Waals surface area contributed by atoms with Crippen LogP contribution in [0.5, 0.6) is 0 Å². The number of hydrogen-bond donors (Lipinski definition) is 3. The molecule has 4 nitrogen and oxygen atoms in total. The van der Waals surface area contributed by atoms with Crippen molar-refractivity contribution in [2.24, 2.45) is 4.99 Å². The number of aliphatic hydroxyl groups excluding tert-OH is 1. The van der Waals surface area contributed by atoms with E-state index in [0.717, 1.165) is 43.8 Å². The summed E-state index contributed by atoms with van der Waals surface area (Å²) in [5.74, 6) is 0.831. The minimum atomic E-state index is -0.153. The number of aliphatic imine (C=N–C) groups is 1. The Labute approximate surface area is 184 Å². The molecule has 1 aromatic carbocycles. The Morgan fingerprint density at radius 1 is 1.19 bits per heavy atom. The lowest BCUT2D eigenvalue weighted by Gasteiger charge is -2.29. The van der Waals surface area contributed by atoms with Crippen LogP contribution in [0.3, 0.4) is 0 Å². The molecule has 0 aliphatic heterocycles. The number of rotatable bonds is 5. The lowest BCUT2D eigenvalue weighted by molar-refractivity contribution is 0.120. The van der Waals surface area contributed by atoms with Gasteiger partial charge in [-0.25, -0.2) is 0 Å². The summed E-state index contributed by atoms with van der Waals surface area (Å²) in [4.78, 5) is 4.78. The summed E-state index contributed by atoms with van der Waals surface area (Å²) in [7, 11) is 0. The van der Waals surface area contributed by atoms with Crippen LogP contribution >= 0.6 is 47.2 Å². The van der Waals surface area contributed by atoms with E-state index >= 15 is 0 Å². The maximum Gasteiger partial charge on any atom is 0.191 e. The Balaban J connectivity index is 0.00000338. The second-order valence-electron chi connectivity index (χ2n) is 7.36. The summed E-state index contributed by atoms with van der Waals surface area (Å²) in [6, 6.07) is 6.13. The molecule has 0 bridgehead atoms. The van der Waals surface area contributed by atoms with Gasteiger partial charge in [-0.15, -0.1) is 24.0 Å². The van der Waals surface area contributed by atoms with Gasteiger partial charge >= 0.3 is 0 Å². The van der Waals surface area contributed by atoms with Crippen molar-refractivity contribution in [2.75, 3.05) is 13.1 Å². The Hall–Kier alpha value is -0.240. The van der Waals surface area contributed by atoms with E-state index in [1.54, 1.807) is 0 Å². The molecular weight excluding hydrogens is 484 g/mol. The molecule has 0 saturated heterocycles. The summed E-state index contributed by atoms with van der Waals surface area (Å²) < 4.78 is 0. The monoisotopic (exact) mass is 513 g/mol. The van der Waals surface area contributed by atoms with Gasteiger partial charge in [0.1, 0.15) is 0 Å².